The number of hydrogen-bond donors (Lipinski definition) is 1. The van der Waals surface area contributed by atoms with E-state index in [1.54, 1.807) is 6.07 Å². The van der Waals surface area contributed by atoms with E-state index in [0.29, 0.717) is 17.1 Å². The smallest absolute Gasteiger partial charge is 0.160 e. The van der Waals surface area contributed by atoms with Crippen LogP contribution in [0.15, 0.2) is 18.2 Å². The second-order valence-corrected chi connectivity index (χ2v) is 6.07. The number of halogens is 2. The first-order chi connectivity index (χ1) is 8.46. The summed E-state index contributed by atoms with van der Waals surface area (Å²) in [5.74, 6) is -1.57. The molecule has 0 heterocycles. The van der Waals surface area contributed by atoms with Gasteiger partial charge in [0, 0.05) is 17.8 Å². The van der Waals surface area contributed by atoms with E-state index in [0.717, 1.165) is 12.8 Å². The van der Waals surface area contributed by atoms with Crippen LogP contribution in [0.1, 0.15) is 46.0 Å². The molecule has 1 saturated carbocycles. The minimum absolute atomic E-state index is 0.372. The fourth-order valence-corrected chi connectivity index (χ4v) is 2.63. The molecular formula is C15H21F2N. The number of nitrogens with one attached hydrogen (secondary N) is 1. The highest BCUT2D eigenvalue weighted by Crippen LogP contribution is 2.34. The lowest BCUT2D eigenvalue weighted by molar-refractivity contribution is 0.313. The van der Waals surface area contributed by atoms with E-state index in [4.69, 9.17) is 0 Å². The monoisotopic (exact) mass is 253 g/mol. The van der Waals surface area contributed by atoms with E-state index < -0.39 is 11.6 Å². The zero-order valence-electron chi connectivity index (χ0n) is 11.1. The van der Waals surface area contributed by atoms with Crippen molar-refractivity contribution in [1.82, 2.24) is 0 Å². The van der Waals surface area contributed by atoms with Crippen molar-refractivity contribution in [3.8, 4) is 0 Å². The summed E-state index contributed by atoms with van der Waals surface area (Å²) in [5.41, 5.74) is 1.09. The van der Waals surface area contributed by atoms with Crippen LogP contribution in [0, 0.1) is 17.0 Å². The van der Waals surface area contributed by atoms with E-state index in [1.807, 2.05) is 0 Å². The van der Waals surface area contributed by atoms with Gasteiger partial charge in [0.25, 0.3) is 0 Å². The van der Waals surface area contributed by atoms with Crippen LogP contribution in [0.4, 0.5) is 14.5 Å². The van der Waals surface area contributed by atoms with E-state index in [1.165, 1.54) is 31.4 Å². The highest BCUT2D eigenvalue weighted by atomic mass is 19.2. The minimum atomic E-state index is -0.789. The second-order valence-electron chi connectivity index (χ2n) is 6.07. The predicted molar refractivity (Wildman–Crippen MR) is 70.6 cm³/mol. The van der Waals surface area contributed by atoms with Crippen LogP contribution in [-0.4, -0.2) is 6.04 Å². The average Bonchev–Trinajstić information content (AvgIpc) is 2.46. The van der Waals surface area contributed by atoms with Crippen molar-refractivity contribution >= 4 is 5.69 Å². The molecule has 0 amide bonds. The Hall–Kier alpha value is -1.12. The third-order valence-electron chi connectivity index (χ3n) is 3.87. The summed E-state index contributed by atoms with van der Waals surface area (Å²) in [6.07, 6.45) is 5.79. The molecule has 18 heavy (non-hydrogen) atoms. The van der Waals surface area contributed by atoms with E-state index >= 15 is 0 Å². The summed E-state index contributed by atoms with van der Waals surface area (Å²) < 4.78 is 26.0. The lowest BCUT2D eigenvalue weighted by atomic mass is 9.85. The lowest BCUT2D eigenvalue weighted by Gasteiger charge is -2.22. The average molecular weight is 253 g/mol. The van der Waals surface area contributed by atoms with Crippen LogP contribution in [0.25, 0.3) is 0 Å². The van der Waals surface area contributed by atoms with Gasteiger partial charge in [-0.15, -0.1) is 0 Å². The van der Waals surface area contributed by atoms with Gasteiger partial charge >= 0.3 is 0 Å². The summed E-state index contributed by atoms with van der Waals surface area (Å²) >= 11 is 0. The van der Waals surface area contributed by atoms with Crippen molar-refractivity contribution in [2.45, 2.75) is 52.0 Å². The molecule has 0 bridgehead atoms. The van der Waals surface area contributed by atoms with Crippen LogP contribution in [-0.2, 0) is 0 Å². The molecule has 0 saturated heterocycles. The Morgan fingerprint density at radius 3 is 2.61 bits per heavy atom. The molecule has 0 aromatic heterocycles. The maximum absolute atomic E-state index is 13.1. The first-order valence-corrected chi connectivity index (χ1v) is 6.68. The van der Waals surface area contributed by atoms with E-state index in [2.05, 4.69) is 19.2 Å². The van der Waals surface area contributed by atoms with Gasteiger partial charge in [-0.1, -0.05) is 20.3 Å². The molecule has 100 valence electrons. The SMILES string of the molecule is CC1(C)CCCC(Nc2ccc(F)c(F)c2)CC1. The molecule has 1 aliphatic carbocycles. The fraction of sp³-hybridized carbons (Fsp3) is 0.600. The molecule has 1 N–H and O–H groups in total. The molecule has 1 aromatic rings. The third kappa shape index (κ3) is 3.44. The van der Waals surface area contributed by atoms with E-state index in [9.17, 15) is 8.78 Å². The highest BCUT2D eigenvalue weighted by Gasteiger charge is 2.24. The predicted octanol–water partition coefficient (Wildman–Crippen LogP) is 4.74. The van der Waals surface area contributed by atoms with Gasteiger partial charge in [0.1, 0.15) is 0 Å². The number of benzene rings is 1. The minimum Gasteiger partial charge on any atom is -0.382 e. The normalized spacial score (nSPS) is 23.4. The van der Waals surface area contributed by atoms with Gasteiger partial charge in [0.05, 0.1) is 0 Å². The first-order valence-electron chi connectivity index (χ1n) is 6.68. The number of anilines is 1. The summed E-state index contributed by atoms with van der Waals surface area (Å²) in [6, 6.07) is 4.40. The third-order valence-corrected chi connectivity index (χ3v) is 3.87. The maximum Gasteiger partial charge on any atom is 0.160 e. The molecule has 0 spiro atoms. The van der Waals surface area contributed by atoms with Crippen LogP contribution in [0.2, 0.25) is 0 Å². The van der Waals surface area contributed by atoms with Crippen LogP contribution >= 0.6 is 0 Å². The number of hydrogen-bond acceptors (Lipinski definition) is 1. The van der Waals surface area contributed by atoms with Crippen molar-refractivity contribution in [3.05, 3.63) is 29.8 Å². The molecule has 0 aliphatic heterocycles. The van der Waals surface area contributed by atoms with Gasteiger partial charge < -0.3 is 5.32 Å². The maximum atomic E-state index is 13.1. The van der Waals surface area contributed by atoms with Gasteiger partial charge in [-0.3, -0.25) is 0 Å². The summed E-state index contributed by atoms with van der Waals surface area (Å²) in [5, 5.41) is 3.32. The van der Waals surface area contributed by atoms with Gasteiger partial charge in [0.15, 0.2) is 11.6 Å². The van der Waals surface area contributed by atoms with Crippen molar-refractivity contribution in [1.29, 1.82) is 0 Å². The summed E-state index contributed by atoms with van der Waals surface area (Å²) in [4.78, 5) is 0. The molecule has 1 atom stereocenters. The molecular weight excluding hydrogens is 232 g/mol. The lowest BCUT2D eigenvalue weighted by Crippen LogP contribution is -2.19. The van der Waals surface area contributed by atoms with Crippen molar-refractivity contribution < 1.29 is 8.78 Å². The zero-order valence-corrected chi connectivity index (χ0v) is 11.1. The van der Waals surface area contributed by atoms with Crippen molar-refractivity contribution in [2.24, 2.45) is 5.41 Å². The Labute approximate surface area is 108 Å². The fourth-order valence-electron chi connectivity index (χ4n) is 2.63. The molecule has 1 nitrogen and oxygen atoms in total. The van der Waals surface area contributed by atoms with Crippen LogP contribution in [0.5, 0.6) is 0 Å². The Morgan fingerprint density at radius 1 is 1.11 bits per heavy atom. The Bertz CT molecular complexity index is 415. The van der Waals surface area contributed by atoms with E-state index in [-0.39, 0.29) is 0 Å². The molecule has 1 fully saturated rings. The zero-order chi connectivity index (χ0) is 13.2. The standard InChI is InChI=1S/C15H21F2N/c1-15(2)8-3-4-11(7-9-15)18-12-5-6-13(16)14(17)10-12/h5-6,10-11,18H,3-4,7-9H2,1-2H3. The van der Waals surface area contributed by atoms with Crippen LogP contribution < -0.4 is 5.32 Å². The molecule has 2 rings (SSSR count). The molecule has 3 heteroatoms. The topological polar surface area (TPSA) is 12.0 Å². The van der Waals surface area contributed by atoms with Crippen molar-refractivity contribution in [2.75, 3.05) is 5.32 Å². The van der Waals surface area contributed by atoms with Crippen molar-refractivity contribution in [3.63, 3.8) is 0 Å². The van der Waals surface area contributed by atoms with Gasteiger partial charge in [-0.2, -0.15) is 0 Å². The molecule has 1 aliphatic rings. The van der Waals surface area contributed by atoms with Gasteiger partial charge in [-0.05, 0) is 43.2 Å². The molecule has 0 radical (unpaired) electrons. The van der Waals surface area contributed by atoms with Crippen LogP contribution in [0.3, 0.4) is 0 Å². The summed E-state index contributed by atoms with van der Waals surface area (Å²) in [6.45, 7) is 4.60. The molecule has 1 aromatic carbocycles. The Balaban J connectivity index is 1.98. The largest absolute Gasteiger partial charge is 0.382 e. The molecule has 1 unspecified atom stereocenters. The second kappa shape index (κ2) is 5.25. The Kier molecular flexibility index (Phi) is 3.88. The van der Waals surface area contributed by atoms with Gasteiger partial charge in [0.2, 0.25) is 0 Å². The quantitative estimate of drug-likeness (QED) is 0.751. The first kappa shape index (κ1) is 13.3. The highest BCUT2D eigenvalue weighted by molar-refractivity contribution is 5.44. The Morgan fingerprint density at radius 2 is 1.89 bits per heavy atom. The van der Waals surface area contributed by atoms with Gasteiger partial charge in [-0.25, -0.2) is 8.78 Å². The number of rotatable bonds is 2. The summed E-state index contributed by atoms with van der Waals surface area (Å²) in [7, 11) is 0.